The number of carbonyl (C=O) groups is 1. The third kappa shape index (κ3) is 7.65. The second kappa shape index (κ2) is 8.64. The first kappa shape index (κ1) is 14.1. The highest BCUT2D eigenvalue weighted by atomic mass is 16.3. The summed E-state index contributed by atoms with van der Waals surface area (Å²) in [6.07, 6.45) is 1.51. The monoisotopic (exact) mass is 178 g/mol. The second-order valence-corrected chi connectivity index (χ2v) is 2.86. The molecule has 0 amide bonds. The van der Waals surface area contributed by atoms with Crippen LogP contribution in [-0.2, 0) is 4.79 Å². The number of rotatable bonds is 4. The van der Waals surface area contributed by atoms with E-state index >= 15 is 0 Å². The molecule has 0 unspecified atom stereocenters. The van der Waals surface area contributed by atoms with Crippen LogP contribution >= 0.6 is 0 Å². The molecule has 4 heteroatoms. The van der Waals surface area contributed by atoms with Crippen LogP contribution in [0.15, 0.2) is 0 Å². The Labute approximate surface area is 72.8 Å². The molecule has 0 radical (unpaired) electrons. The minimum Gasteiger partial charge on any atom is -0.396 e. The van der Waals surface area contributed by atoms with Gasteiger partial charge in [-0.1, -0.05) is 13.8 Å². The molecule has 3 N–H and O–H groups in total. The molecule has 0 rings (SSSR count). The summed E-state index contributed by atoms with van der Waals surface area (Å²) in [5.41, 5.74) is -0.708. The van der Waals surface area contributed by atoms with Gasteiger partial charge in [0.25, 0.3) is 0 Å². The fourth-order valence-electron chi connectivity index (χ4n) is 0.150. The number of aldehydes is 1. The van der Waals surface area contributed by atoms with Crippen molar-refractivity contribution >= 4 is 6.29 Å². The van der Waals surface area contributed by atoms with Gasteiger partial charge < -0.3 is 20.1 Å². The van der Waals surface area contributed by atoms with Crippen molar-refractivity contribution in [3.8, 4) is 0 Å². The van der Waals surface area contributed by atoms with E-state index in [0.717, 1.165) is 6.29 Å². The van der Waals surface area contributed by atoms with Crippen LogP contribution in [0.5, 0.6) is 0 Å². The highest BCUT2D eigenvalue weighted by Crippen LogP contribution is 2.10. The Morgan fingerprint density at radius 3 is 1.42 bits per heavy atom. The molecule has 0 saturated carbocycles. The first-order valence-corrected chi connectivity index (χ1v) is 3.86. The van der Waals surface area contributed by atoms with Crippen molar-refractivity contribution in [2.45, 2.75) is 20.3 Å². The predicted molar refractivity (Wildman–Crippen MR) is 45.7 cm³/mol. The lowest BCUT2D eigenvalue weighted by molar-refractivity contribution is -0.107. The first-order valence-electron chi connectivity index (χ1n) is 3.86. The molecular formula is C8H18O4. The highest BCUT2D eigenvalue weighted by molar-refractivity contribution is 5.48. The van der Waals surface area contributed by atoms with Crippen LogP contribution in [0.3, 0.4) is 0 Å². The van der Waals surface area contributed by atoms with Crippen LogP contribution in [0.25, 0.3) is 0 Å². The smallest absolute Gasteiger partial charge is 0.119 e. The maximum Gasteiger partial charge on any atom is 0.119 e. The lowest BCUT2D eigenvalue weighted by Gasteiger charge is -2.20. The molecule has 0 aromatic heterocycles. The Bertz CT molecular complexity index is 91.0. The van der Waals surface area contributed by atoms with Crippen LogP contribution in [0.1, 0.15) is 20.3 Å². The van der Waals surface area contributed by atoms with Gasteiger partial charge >= 0.3 is 0 Å². The van der Waals surface area contributed by atoms with Crippen molar-refractivity contribution in [3.05, 3.63) is 0 Å². The Hall–Kier alpha value is -0.450. The van der Waals surface area contributed by atoms with Gasteiger partial charge in [-0.25, -0.2) is 0 Å². The van der Waals surface area contributed by atoms with Gasteiger partial charge in [-0.2, -0.15) is 0 Å². The molecule has 74 valence electrons. The molecule has 0 aromatic carbocycles. The number of hydrogen-bond donors (Lipinski definition) is 3. The molecule has 12 heavy (non-hydrogen) atoms. The van der Waals surface area contributed by atoms with E-state index in [1.54, 1.807) is 6.92 Å². The Kier molecular flexibility index (Phi) is 10.2. The van der Waals surface area contributed by atoms with Crippen molar-refractivity contribution in [1.82, 2.24) is 0 Å². The van der Waals surface area contributed by atoms with Gasteiger partial charge in [0, 0.05) is 11.8 Å². The molecular weight excluding hydrogens is 160 g/mol. The van der Waals surface area contributed by atoms with Crippen molar-refractivity contribution in [3.63, 3.8) is 0 Å². The van der Waals surface area contributed by atoms with Crippen LogP contribution < -0.4 is 0 Å². The van der Waals surface area contributed by atoms with Crippen LogP contribution in [0.2, 0.25) is 0 Å². The molecule has 0 saturated heterocycles. The molecule has 0 heterocycles. The van der Waals surface area contributed by atoms with Crippen molar-refractivity contribution in [1.29, 1.82) is 0 Å². The largest absolute Gasteiger partial charge is 0.396 e. The lowest BCUT2D eigenvalue weighted by atomic mass is 9.95. The third-order valence-corrected chi connectivity index (χ3v) is 1.31. The van der Waals surface area contributed by atoms with Gasteiger partial charge in [0.2, 0.25) is 0 Å². The normalized spacial score (nSPS) is 10.1. The third-order valence-electron chi connectivity index (χ3n) is 1.31. The van der Waals surface area contributed by atoms with Crippen molar-refractivity contribution < 1.29 is 20.1 Å². The zero-order valence-electron chi connectivity index (χ0n) is 7.66. The average Bonchev–Trinajstić information content (AvgIpc) is 2.17. The molecule has 0 bridgehead atoms. The van der Waals surface area contributed by atoms with E-state index < -0.39 is 5.41 Å². The maximum absolute atomic E-state index is 9.17. The van der Waals surface area contributed by atoms with Gasteiger partial charge in [-0.05, 0) is 0 Å². The zero-order valence-corrected chi connectivity index (χ0v) is 7.66. The van der Waals surface area contributed by atoms with E-state index in [9.17, 15) is 4.79 Å². The van der Waals surface area contributed by atoms with Gasteiger partial charge in [-0.15, -0.1) is 0 Å². The van der Waals surface area contributed by atoms with E-state index in [2.05, 4.69) is 0 Å². The summed E-state index contributed by atoms with van der Waals surface area (Å²) >= 11 is 0. The summed E-state index contributed by atoms with van der Waals surface area (Å²) < 4.78 is 0. The number of carbonyl (C=O) groups excluding carboxylic acids is 1. The van der Waals surface area contributed by atoms with E-state index in [1.165, 1.54) is 0 Å². The molecule has 0 aliphatic rings. The van der Waals surface area contributed by atoms with Crippen LogP contribution in [0, 0.1) is 5.41 Å². The van der Waals surface area contributed by atoms with E-state index in [0.29, 0.717) is 6.42 Å². The van der Waals surface area contributed by atoms with Gasteiger partial charge in [-0.3, -0.25) is 0 Å². The molecule has 0 atom stereocenters. The van der Waals surface area contributed by atoms with Crippen LogP contribution in [0.4, 0.5) is 0 Å². The summed E-state index contributed by atoms with van der Waals surface area (Å²) in [5.74, 6) is 0. The Balaban J connectivity index is 0. The van der Waals surface area contributed by atoms with Gasteiger partial charge in [0.05, 0.1) is 19.8 Å². The fourth-order valence-corrected chi connectivity index (χ4v) is 0.150. The number of aliphatic hydroxyl groups is 3. The molecule has 4 nitrogen and oxygen atoms in total. The second-order valence-electron chi connectivity index (χ2n) is 2.86. The highest BCUT2D eigenvalue weighted by Gasteiger charge is 2.20. The van der Waals surface area contributed by atoms with Crippen LogP contribution in [-0.4, -0.2) is 41.4 Å². The lowest BCUT2D eigenvalue weighted by Crippen LogP contribution is -2.29. The average molecular weight is 178 g/mol. The Morgan fingerprint density at radius 2 is 1.42 bits per heavy atom. The minimum atomic E-state index is -0.708. The van der Waals surface area contributed by atoms with E-state index in [4.69, 9.17) is 15.3 Å². The van der Waals surface area contributed by atoms with Crippen molar-refractivity contribution in [2.75, 3.05) is 19.8 Å². The Morgan fingerprint density at radius 1 is 1.17 bits per heavy atom. The quantitative estimate of drug-likeness (QED) is 0.510. The summed E-state index contributed by atoms with van der Waals surface area (Å²) in [7, 11) is 0. The summed E-state index contributed by atoms with van der Waals surface area (Å²) in [5, 5.41) is 25.4. The summed E-state index contributed by atoms with van der Waals surface area (Å²) in [6.45, 7) is 2.88. The first-order chi connectivity index (χ1) is 5.60. The topological polar surface area (TPSA) is 77.8 Å². The molecule has 0 fully saturated rings. The maximum atomic E-state index is 9.17. The standard InChI is InChI=1S/C5H12O3.C3H6O/c1-5(2-6,3-7)4-8;1-2-3-4/h6-8H,2-4H2,1H3;3H,2H2,1H3. The fraction of sp³-hybridized carbons (Fsp3) is 0.875. The molecule has 0 aliphatic heterocycles. The molecule has 0 spiro atoms. The number of aliphatic hydroxyl groups excluding tert-OH is 3. The SMILES string of the molecule is CC(CO)(CO)CO.CCC=O. The molecule has 0 aromatic rings. The predicted octanol–water partition coefficient (Wildman–Crippen LogP) is -0.435. The molecule has 0 aliphatic carbocycles. The summed E-state index contributed by atoms with van der Waals surface area (Å²) in [4.78, 5) is 9.17. The van der Waals surface area contributed by atoms with Crippen molar-refractivity contribution in [2.24, 2.45) is 5.41 Å². The zero-order chi connectivity index (χ0) is 10.0. The van der Waals surface area contributed by atoms with E-state index in [-0.39, 0.29) is 19.8 Å². The number of hydrogen-bond acceptors (Lipinski definition) is 4. The van der Waals surface area contributed by atoms with Gasteiger partial charge in [0.15, 0.2) is 0 Å². The minimum absolute atomic E-state index is 0.181. The summed E-state index contributed by atoms with van der Waals surface area (Å²) in [6, 6.07) is 0. The van der Waals surface area contributed by atoms with Gasteiger partial charge in [0.1, 0.15) is 6.29 Å². The van der Waals surface area contributed by atoms with E-state index in [1.807, 2.05) is 6.92 Å².